The molecule has 0 bridgehead atoms. The molecule has 0 radical (unpaired) electrons. The van der Waals surface area contributed by atoms with Crippen LogP contribution in [-0.2, 0) is 0 Å². The number of rotatable bonds is 3. The van der Waals surface area contributed by atoms with Crippen LogP contribution < -0.4 is 15.4 Å². The first-order valence-corrected chi connectivity index (χ1v) is 6.03. The van der Waals surface area contributed by atoms with Gasteiger partial charge in [-0.25, -0.2) is 0 Å². The Morgan fingerprint density at radius 2 is 1.88 bits per heavy atom. The number of piperidine rings is 1. The van der Waals surface area contributed by atoms with Gasteiger partial charge in [-0.2, -0.15) is 0 Å². The van der Waals surface area contributed by atoms with E-state index in [1.54, 1.807) is 0 Å². The fourth-order valence-corrected chi connectivity index (χ4v) is 2.08. The number of ether oxygens (including phenoxy) is 1. The maximum absolute atomic E-state index is 5.89. The number of hydrogen-bond donors (Lipinski definition) is 1. The van der Waals surface area contributed by atoms with E-state index in [2.05, 4.69) is 17.0 Å². The molecule has 1 heterocycles. The summed E-state index contributed by atoms with van der Waals surface area (Å²) >= 11 is 0. The summed E-state index contributed by atoms with van der Waals surface area (Å²) in [5.74, 6) is 0.944. The van der Waals surface area contributed by atoms with Crippen LogP contribution in [-0.4, -0.2) is 25.7 Å². The molecule has 3 nitrogen and oxygen atoms in total. The van der Waals surface area contributed by atoms with Gasteiger partial charge in [-0.3, -0.25) is 0 Å². The van der Waals surface area contributed by atoms with Gasteiger partial charge < -0.3 is 15.4 Å². The van der Waals surface area contributed by atoms with E-state index in [1.165, 1.54) is 5.69 Å². The number of anilines is 1. The zero-order valence-electron chi connectivity index (χ0n) is 9.86. The number of nitrogens with zero attached hydrogens (tertiary/aromatic N) is 1. The first kappa shape index (κ1) is 11.3. The Balaban J connectivity index is 1.98. The predicted octanol–water partition coefficient (Wildman–Crippen LogP) is 2.01. The highest BCUT2D eigenvalue weighted by Crippen LogP contribution is 2.22. The lowest BCUT2D eigenvalue weighted by Gasteiger charge is -2.32. The molecule has 3 heteroatoms. The van der Waals surface area contributed by atoms with Gasteiger partial charge in [0.2, 0.25) is 0 Å². The van der Waals surface area contributed by atoms with Crippen molar-refractivity contribution >= 4 is 5.69 Å². The average molecular weight is 220 g/mol. The van der Waals surface area contributed by atoms with Crippen molar-refractivity contribution in [2.75, 3.05) is 24.6 Å². The molecule has 1 saturated heterocycles. The van der Waals surface area contributed by atoms with E-state index >= 15 is 0 Å². The van der Waals surface area contributed by atoms with Crippen molar-refractivity contribution in [3.8, 4) is 5.75 Å². The minimum atomic E-state index is 0.388. The maximum atomic E-state index is 5.89. The van der Waals surface area contributed by atoms with Gasteiger partial charge in [0, 0.05) is 24.8 Å². The van der Waals surface area contributed by atoms with Gasteiger partial charge in [0.05, 0.1) is 6.61 Å². The van der Waals surface area contributed by atoms with Crippen molar-refractivity contribution in [1.82, 2.24) is 0 Å². The fourth-order valence-electron chi connectivity index (χ4n) is 2.08. The molecular weight excluding hydrogens is 200 g/mol. The molecule has 88 valence electrons. The normalized spacial score (nSPS) is 17.5. The fraction of sp³-hybridized carbons (Fsp3) is 0.538. The Labute approximate surface area is 97.2 Å². The zero-order valence-corrected chi connectivity index (χ0v) is 9.86. The lowest BCUT2D eigenvalue weighted by Crippen LogP contribution is -2.39. The lowest BCUT2D eigenvalue weighted by molar-refractivity contribution is 0.340. The van der Waals surface area contributed by atoms with E-state index in [9.17, 15) is 0 Å². The molecule has 16 heavy (non-hydrogen) atoms. The molecule has 0 amide bonds. The van der Waals surface area contributed by atoms with Crippen molar-refractivity contribution in [2.24, 2.45) is 5.73 Å². The largest absolute Gasteiger partial charge is 0.494 e. The van der Waals surface area contributed by atoms with Crippen LogP contribution in [0.25, 0.3) is 0 Å². The maximum Gasteiger partial charge on any atom is 0.119 e. The van der Waals surface area contributed by atoms with Gasteiger partial charge in [-0.15, -0.1) is 0 Å². The van der Waals surface area contributed by atoms with E-state index < -0.39 is 0 Å². The van der Waals surface area contributed by atoms with Gasteiger partial charge >= 0.3 is 0 Å². The summed E-state index contributed by atoms with van der Waals surface area (Å²) in [5.41, 5.74) is 7.17. The quantitative estimate of drug-likeness (QED) is 0.847. The molecular formula is C13H20N2O. The Morgan fingerprint density at radius 1 is 1.25 bits per heavy atom. The molecule has 0 unspecified atom stereocenters. The van der Waals surface area contributed by atoms with Crippen LogP contribution in [0.3, 0.4) is 0 Å². The molecule has 1 aliphatic rings. The molecule has 1 aromatic carbocycles. The van der Waals surface area contributed by atoms with E-state index in [-0.39, 0.29) is 0 Å². The van der Waals surface area contributed by atoms with Crippen molar-refractivity contribution in [3.05, 3.63) is 24.3 Å². The van der Waals surface area contributed by atoms with E-state index in [0.29, 0.717) is 6.04 Å². The molecule has 0 aliphatic carbocycles. The molecule has 2 N–H and O–H groups in total. The van der Waals surface area contributed by atoms with Gasteiger partial charge in [0.1, 0.15) is 5.75 Å². The summed E-state index contributed by atoms with van der Waals surface area (Å²) in [6.07, 6.45) is 2.18. The zero-order chi connectivity index (χ0) is 11.4. The summed E-state index contributed by atoms with van der Waals surface area (Å²) in [5, 5.41) is 0. The smallest absolute Gasteiger partial charge is 0.119 e. The molecule has 0 aromatic heterocycles. The van der Waals surface area contributed by atoms with Gasteiger partial charge in [-0.1, -0.05) is 0 Å². The first-order valence-electron chi connectivity index (χ1n) is 6.03. The van der Waals surface area contributed by atoms with E-state index in [4.69, 9.17) is 10.5 Å². The van der Waals surface area contributed by atoms with E-state index in [1.807, 2.05) is 19.1 Å². The summed E-state index contributed by atoms with van der Waals surface area (Å²) < 4.78 is 5.43. The van der Waals surface area contributed by atoms with Crippen molar-refractivity contribution in [1.29, 1.82) is 0 Å². The third kappa shape index (κ3) is 2.67. The molecule has 0 spiro atoms. The second-order valence-corrected chi connectivity index (χ2v) is 4.25. The van der Waals surface area contributed by atoms with Crippen LogP contribution in [0.15, 0.2) is 24.3 Å². The number of hydrogen-bond acceptors (Lipinski definition) is 3. The van der Waals surface area contributed by atoms with Gasteiger partial charge in [0.15, 0.2) is 0 Å². The van der Waals surface area contributed by atoms with Crippen molar-refractivity contribution in [3.63, 3.8) is 0 Å². The van der Waals surface area contributed by atoms with Crippen molar-refractivity contribution < 1.29 is 4.74 Å². The third-order valence-corrected chi connectivity index (χ3v) is 3.05. The Kier molecular flexibility index (Phi) is 3.67. The molecule has 1 fully saturated rings. The summed E-state index contributed by atoms with van der Waals surface area (Å²) in [4.78, 5) is 2.39. The minimum absolute atomic E-state index is 0.388. The SMILES string of the molecule is CCOc1ccc(N2CCC(N)CC2)cc1. The van der Waals surface area contributed by atoms with Gasteiger partial charge in [0.25, 0.3) is 0 Å². The standard InChI is InChI=1S/C13H20N2O/c1-2-16-13-5-3-12(4-6-13)15-9-7-11(14)8-10-15/h3-6,11H,2,7-10,14H2,1H3. The second-order valence-electron chi connectivity index (χ2n) is 4.25. The van der Waals surface area contributed by atoms with Crippen LogP contribution >= 0.6 is 0 Å². The third-order valence-electron chi connectivity index (χ3n) is 3.05. The Hall–Kier alpha value is -1.22. The molecule has 0 atom stereocenters. The Bertz CT molecular complexity index is 315. The molecule has 2 rings (SSSR count). The molecule has 0 saturated carbocycles. The summed E-state index contributed by atoms with van der Waals surface area (Å²) in [6.45, 7) is 4.85. The number of benzene rings is 1. The topological polar surface area (TPSA) is 38.5 Å². The summed E-state index contributed by atoms with van der Waals surface area (Å²) in [7, 11) is 0. The van der Waals surface area contributed by atoms with Crippen molar-refractivity contribution in [2.45, 2.75) is 25.8 Å². The monoisotopic (exact) mass is 220 g/mol. The highest BCUT2D eigenvalue weighted by atomic mass is 16.5. The number of nitrogens with two attached hydrogens (primary N) is 1. The van der Waals surface area contributed by atoms with Crippen LogP contribution in [0.2, 0.25) is 0 Å². The van der Waals surface area contributed by atoms with Crippen LogP contribution in [0, 0.1) is 0 Å². The van der Waals surface area contributed by atoms with Crippen LogP contribution in [0.4, 0.5) is 5.69 Å². The second kappa shape index (κ2) is 5.21. The van der Waals surface area contributed by atoms with Crippen LogP contribution in [0.5, 0.6) is 5.75 Å². The summed E-state index contributed by atoms with van der Waals surface area (Å²) in [6, 6.07) is 8.71. The lowest BCUT2D eigenvalue weighted by atomic mass is 10.1. The minimum Gasteiger partial charge on any atom is -0.494 e. The van der Waals surface area contributed by atoms with Gasteiger partial charge in [-0.05, 0) is 44.0 Å². The highest BCUT2D eigenvalue weighted by Gasteiger charge is 2.15. The van der Waals surface area contributed by atoms with E-state index in [0.717, 1.165) is 38.3 Å². The first-order chi connectivity index (χ1) is 7.79. The predicted molar refractivity (Wildman–Crippen MR) is 67.0 cm³/mol. The Morgan fingerprint density at radius 3 is 2.44 bits per heavy atom. The average Bonchev–Trinajstić information content (AvgIpc) is 2.32. The highest BCUT2D eigenvalue weighted by molar-refractivity contribution is 5.49. The van der Waals surface area contributed by atoms with Crippen LogP contribution in [0.1, 0.15) is 19.8 Å². The molecule has 1 aliphatic heterocycles. The molecule has 1 aromatic rings.